The lowest BCUT2D eigenvalue weighted by Gasteiger charge is -2.10. The van der Waals surface area contributed by atoms with Gasteiger partial charge in [0.2, 0.25) is 0 Å². The van der Waals surface area contributed by atoms with E-state index in [1.165, 1.54) is 7.11 Å². The summed E-state index contributed by atoms with van der Waals surface area (Å²) in [5.41, 5.74) is 2.80. The zero-order valence-corrected chi connectivity index (χ0v) is 14.1. The van der Waals surface area contributed by atoms with Crippen LogP contribution in [0.2, 0.25) is 5.02 Å². The van der Waals surface area contributed by atoms with E-state index in [4.69, 9.17) is 16.3 Å². The van der Waals surface area contributed by atoms with Crippen molar-refractivity contribution in [3.05, 3.63) is 52.3 Å². The van der Waals surface area contributed by atoms with Crippen molar-refractivity contribution in [1.82, 2.24) is 9.88 Å². The first kappa shape index (κ1) is 17.2. The monoisotopic (exact) mass is 334 g/mol. The number of aromatic nitrogens is 1. The summed E-state index contributed by atoms with van der Waals surface area (Å²) in [7, 11) is 1.53. The summed E-state index contributed by atoms with van der Waals surface area (Å²) in [4.78, 5) is 24.3. The molecule has 1 aromatic carbocycles. The second-order valence-corrected chi connectivity index (χ2v) is 5.61. The Labute approximate surface area is 140 Å². The summed E-state index contributed by atoms with van der Waals surface area (Å²) >= 11 is 6.03. The number of benzene rings is 1. The van der Waals surface area contributed by atoms with E-state index in [-0.39, 0.29) is 0 Å². The highest BCUT2D eigenvalue weighted by molar-refractivity contribution is 6.43. The smallest absolute Gasteiger partial charge is 0.292 e. The molecule has 0 spiro atoms. The molecule has 1 aromatic heterocycles. The highest BCUT2D eigenvalue weighted by Gasteiger charge is 2.22. The molecule has 1 heterocycles. The highest BCUT2D eigenvalue weighted by Crippen LogP contribution is 2.23. The molecule has 1 N–H and O–H groups in total. The molecule has 0 fully saturated rings. The third kappa shape index (κ3) is 3.81. The van der Waals surface area contributed by atoms with Crippen LogP contribution >= 0.6 is 11.6 Å². The van der Waals surface area contributed by atoms with Crippen molar-refractivity contribution in [2.75, 3.05) is 20.3 Å². The first-order valence-corrected chi connectivity index (χ1v) is 7.60. The molecule has 6 heteroatoms. The molecule has 122 valence electrons. The molecular formula is C17H19ClN2O3. The van der Waals surface area contributed by atoms with Crippen molar-refractivity contribution < 1.29 is 14.3 Å². The van der Waals surface area contributed by atoms with Crippen molar-refractivity contribution in [3.63, 3.8) is 0 Å². The van der Waals surface area contributed by atoms with E-state index >= 15 is 0 Å². The van der Waals surface area contributed by atoms with Crippen molar-refractivity contribution >= 4 is 23.3 Å². The molecule has 0 atom stereocenters. The highest BCUT2D eigenvalue weighted by atomic mass is 35.5. The van der Waals surface area contributed by atoms with Gasteiger partial charge in [0, 0.05) is 41.3 Å². The Hall–Kier alpha value is -2.11. The van der Waals surface area contributed by atoms with Crippen molar-refractivity contribution in [1.29, 1.82) is 0 Å². The molecule has 0 aliphatic heterocycles. The fourth-order valence-corrected chi connectivity index (χ4v) is 2.66. The topological polar surface area (TPSA) is 60.3 Å². The molecule has 2 rings (SSSR count). The van der Waals surface area contributed by atoms with Gasteiger partial charge >= 0.3 is 0 Å². The van der Waals surface area contributed by atoms with Gasteiger partial charge in [-0.05, 0) is 38.1 Å². The van der Waals surface area contributed by atoms with Gasteiger partial charge in [-0.2, -0.15) is 0 Å². The fourth-order valence-electron chi connectivity index (χ4n) is 2.47. The second kappa shape index (κ2) is 7.44. The van der Waals surface area contributed by atoms with Crippen LogP contribution in [0, 0.1) is 13.8 Å². The number of Topliss-reactive ketones (excluding diaryl/α,β-unsaturated/α-hetero) is 1. The Morgan fingerprint density at radius 2 is 2.00 bits per heavy atom. The third-order valence-corrected chi connectivity index (χ3v) is 3.78. The number of rotatable bonds is 6. The summed E-state index contributed by atoms with van der Waals surface area (Å²) in [6.07, 6.45) is 0. The molecule has 23 heavy (non-hydrogen) atoms. The van der Waals surface area contributed by atoms with Crippen LogP contribution in [0.25, 0.3) is 5.69 Å². The molecule has 0 radical (unpaired) electrons. The number of ketones is 1. The molecule has 0 aliphatic carbocycles. The van der Waals surface area contributed by atoms with Gasteiger partial charge in [-0.15, -0.1) is 0 Å². The van der Waals surface area contributed by atoms with E-state index in [1.54, 1.807) is 12.1 Å². The van der Waals surface area contributed by atoms with E-state index in [1.807, 2.05) is 36.6 Å². The summed E-state index contributed by atoms with van der Waals surface area (Å²) in [6, 6.07) is 9.06. The van der Waals surface area contributed by atoms with Crippen LogP contribution in [-0.2, 0) is 9.53 Å². The number of methoxy groups -OCH3 is 1. The number of hydrogen-bond donors (Lipinski definition) is 1. The SMILES string of the molecule is COCCNC(=O)C(=O)c1cc(C)n(-c2cccc(Cl)c2)c1C. The van der Waals surface area contributed by atoms with Crippen LogP contribution in [0.1, 0.15) is 21.7 Å². The lowest BCUT2D eigenvalue weighted by molar-refractivity contribution is -0.117. The summed E-state index contributed by atoms with van der Waals surface area (Å²) in [6.45, 7) is 4.35. The summed E-state index contributed by atoms with van der Waals surface area (Å²) in [5.74, 6) is -1.18. The largest absolute Gasteiger partial charge is 0.383 e. The van der Waals surface area contributed by atoms with E-state index < -0.39 is 11.7 Å². The van der Waals surface area contributed by atoms with Gasteiger partial charge in [-0.3, -0.25) is 9.59 Å². The zero-order chi connectivity index (χ0) is 17.0. The van der Waals surface area contributed by atoms with Gasteiger partial charge in [0.05, 0.1) is 6.61 Å². The maximum Gasteiger partial charge on any atom is 0.292 e. The van der Waals surface area contributed by atoms with Crippen molar-refractivity contribution in [2.45, 2.75) is 13.8 Å². The van der Waals surface area contributed by atoms with E-state index in [2.05, 4.69) is 5.32 Å². The third-order valence-electron chi connectivity index (χ3n) is 3.54. The average Bonchev–Trinajstić information content (AvgIpc) is 2.81. The lowest BCUT2D eigenvalue weighted by Crippen LogP contribution is -2.33. The van der Waals surface area contributed by atoms with E-state index in [9.17, 15) is 9.59 Å². The van der Waals surface area contributed by atoms with Crippen LogP contribution in [0.15, 0.2) is 30.3 Å². The molecule has 0 saturated heterocycles. The van der Waals surface area contributed by atoms with Crippen LogP contribution in [-0.4, -0.2) is 36.5 Å². The predicted octanol–water partition coefficient (Wildman–Crippen LogP) is 2.69. The normalized spacial score (nSPS) is 10.6. The Kier molecular flexibility index (Phi) is 5.58. The molecule has 1 amide bonds. The Morgan fingerprint density at radius 3 is 2.65 bits per heavy atom. The number of carbonyl (C=O) groups is 2. The minimum absolute atomic E-state index is 0.300. The standard InChI is InChI=1S/C17H19ClN2O3/c1-11-9-15(16(21)17(22)19-7-8-23-3)12(2)20(11)14-6-4-5-13(18)10-14/h4-6,9-10H,7-8H2,1-3H3,(H,19,22). The van der Waals surface area contributed by atoms with Crippen molar-refractivity contribution in [3.8, 4) is 5.69 Å². The molecular weight excluding hydrogens is 316 g/mol. The Morgan fingerprint density at radius 1 is 1.26 bits per heavy atom. The van der Waals surface area contributed by atoms with Crippen molar-refractivity contribution in [2.24, 2.45) is 0 Å². The minimum atomic E-state index is -0.631. The van der Waals surface area contributed by atoms with Crippen LogP contribution < -0.4 is 5.32 Å². The zero-order valence-electron chi connectivity index (χ0n) is 13.4. The van der Waals surface area contributed by atoms with E-state index in [0.29, 0.717) is 29.4 Å². The molecule has 0 aliphatic rings. The predicted molar refractivity (Wildman–Crippen MR) is 89.5 cm³/mol. The maximum atomic E-state index is 12.3. The van der Waals surface area contributed by atoms with Gasteiger partial charge in [0.15, 0.2) is 0 Å². The van der Waals surface area contributed by atoms with Gasteiger partial charge < -0.3 is 14.6 Å². The number of halogens is 1. The van der Waals surface area contributed by atoms with E-state index in [0.717, 1.165) is 11.4 Å². The Bertz CT molecular complexity index is 737. The van der Waals surface area contributed by atoms with Gasteiger partial charge in [-0.1, -0.05) is 17.7 Å². The molecule has 5 nitrogen and oxygen atoms in total. The number of carbonyl (C=O) groups excluding carboxylic acids is 2. The van der Waals surface area contributed by atoms with Crippen LogP contribution in [0.4, 0.5) is 0 Å². The number of nitrogens with zero attached hydrogens (tertiary/aromatic N) is 1. The summed E-state index contributed by atoms with van der Waals surface area (Å²) < 4.78 is 6.76. The molecule has 0 bridgehead atoms. The number of ether oxygens (including phenoxy) is 1. The van der Waals surface area contributed by atoms with Gasteiger partial charge in [0.1, 0.15) is 0 Å². The second-order valence-electron chi connectivity index (χ2n) is 5.18. The first-order valence-electron chi connectivity index (χ1n) is 7.22. The number of aryl methyl sites for hydroxylation is 1. The number of amides is 1. The van der Waals surface area contributed by atoms with Gasteiger partial charge in [0.25, 0.3) is 11.7 Å². The average molecular weight is 335 g/mol. The number of nitrogens with one attached hydrogen (secondary N) is 1. The maximum absolute atomic E-state index is 12.3. The fraction of sp³-hybridized carbons (Fsp3) is 0.294. The first-order chi connectivity index (χ1) is 11.0. The summed E-state index contributed by atoms with van der Waals surface area (Å²) in [5, 5.41) is 3.15. The molecule has 2 aromatic rings. The lowest BCUT2D eigenvalue weighted by atomic mass is 10.1. The van der Waals surface area contributed by atoms with Crippen LogP contribution in [0.3, 0.4) is 0 Å². The minimum Gasteiger partial charge on any atom is -0.383 e. The van der Waals surface area contributed by atoms with Gasteiger partial charge in [-0.25, -0.2) is 0 Å². The molecule has 0 saturated carbocycles. The molecule has 0 unspecified atom stereocenters. The van der Waals surface area contributed by atoms with Crippen LogP contribution in [0.5, 0.6) is 0 Å². The quantitative estimate of drug-likeness (QED) is 0.502. The Balaban J connectivity index is 2.30. The number of hydrogen-bond acceptors (Lipinski definition) is 3.